The highest BCUT2D eigenvalue weighted by Gasteiger charge is 2.33. The van der Waals surface area contributed by atoms with Crippen LogP contribution in [0.1, 0.15) is 39.8 Å². The summed E-state index contributed by atoms with van der Waals surface area (Å²) in [5.74, 6) is 1.86. The van der Waals surface area contributed by atoms with Crippen LogP contribution in [0.5, 0.6) is 11.5 Å². The quantitative estimate of drug-likeness (QED) is 0.284. The highest BCUT2D eigenvalue weighted by atomic mass is 32.2. The third-order valence-corrected chi connectivity index (χ3v) is 7.79. The van der Waals surface area contributed by atoms with Gasteiger partial charge >= 0.3 is 0 Å². The second kappa shape index (κ2) is 12.7. The fraction of sp³-hybridized carbons (Fsp3) is 0.233. The molecule has 0 spiro atoms. The number of nitrogens with one attached hydrogen (secondary N) is 1. The van der Waals surface area contributed by atoms with Crippen molar-refractivity contribution in [3.8, 4) is 11.5 Å². The van der Waals surface area contributed by atoms with Crippen molar-refractivity contribution in [2.45, 2.75) is 24.2 Å². The number of methoxy groups -OCH3 is 2. The van der Waals surface area contributed by atoms with E-state index in [1.165, 1.54) is 11.8 Å². The first-order chi connectivity index (χ1) is 20.0. The molecule has 0 bridgehead atoms. The summed E-state index contributed by atoms with van der Waals surface area (Å²) in [6.45, 7) is 0.215. The smallest absolute Gasteiger partial charge is 0.253 e. The van der Waals surface area contributed by atoms with E-state index in [4.69, 9.17) is 14.6 Å². The summed E-state index contributed by atoms with van der Waals surface area (Å²) < 4.78 is 12.4. The van der Waals surface area contributed by atoms with Gasteiger partial charge in [0.25, 0.3) is 11.8 Å². The van der Waals surface area contributed by atoms with Crippen LogP contribution < -0.4 is 14.8 Å². The molecular formula is C30H30N6O4S. The van der Waals surface area contributed by atoms with Gasteiger partial charge in [0, 0.05) is 19.0 Å². The average Bonchev–Trinajstić information content (AvgIpc) is 3.63. The van der Waals surface area contributed by atoms with Gasteiger partial charge < -0.3 is 19.4 Å². The zero-order valence-corrected chi connectivity index (χ0v) is 23.8. The second-order valence-corrected chi connectivity index (χ2v) is 10.2. The number of thioether (sulfide) groups is 1. The fourth-order valence-corrected chi connectivity index (χ4v) is 5.23. The number of amides is 2. The number of ether oxygens (including phenoxy) is 2. The SMILES string of the molecule is COc1ccc(C2=NN(C(=O)CSc3nnc(CNC(=O)c4ccccc4)n3C)[C@H](c3ccc(OC)cc3)C2)cc1. The minimum atomic E-state index is -0.255. The number of carbonyl (C=O) groups is 2. The van der Waals surface area contributed by atoms with Crippen LogP contribution >= 0.6 is 11.8 Å². The topological polar surface area (TPSA) is 111 Å². The minimum Gasteiger partial charge on any atom is -0.497 e. The maximum atomic E-state index is 13.5. The molecule has 5 rings (SSSR count). The molecule has 2 amide bonds. The predicted octanol–water partition coefficient (Wildman–Crippen LogP) is 4.23. The van der Waals surface area contributed by atoms with Gasteiger partial charge in [-0.15, -0.1) is 10.2 Å². The van der Waals surface area contributed by atoms with Gasteiger partial charge in [-0.3, -0.25) is 9.59 Å². The Morgan fingerprint density at radius 3 is 2.24 bits per heavy atom. The van der Waals surface area contributed by atoms with Gasteiger partial charge in [-0.25, -0.2) is 5.01 Å². The van der Waals surface area contributed by atoms with Gasteiger partial charge in [0.1, 0.15) is 11.5 Å². The molecule has 3 aromatic carbocycles. The van der Waals surface area contributed by atoms with Crippen LogP contribution in [0, 0.1) is 0 Å². The Balaban J connectivity index is 1.28. The van der Waals surface area contributed by atoms with Crippen molar-refractivity contribution in [2.24, 2.45) is 12.1 Å². The van der Waals surface area contributed by atoms with Gasteiger partial charge in [-0.1, -0.05) is 42.1 Å². The Morgan fingerprint density at radius 1 is 0.927 bits per heavy atom. The first-order valence-electron chi connectivity index (χ1n) is 13.0. The number of hydrogen-bond acceptors (Lipinski definition) is 8. The molecule has 1 N–H and O–H groups in total. The third-order valence-electron chi connectivity index (χ3n) is 6.78. The molecule has 4 aromatic rings. The molecule has 0 radical (unpaired) electrons. The standard InChI is InChI=1S/C30H30N6O4S/c1-35-27(18-31-29(38)22-7-5-4-6-8-22)32-33-30(35)41-19-28(37)36-26(21-11-15-24(40-3)16-12-21)17-25(34-36)20-9-13-23(39-2)14-10-20/h4-16,26H,17-19H2,1-3H3,(H,31,38)/t26-/m0/s1. The Kier molecular flexibility index (Phi) is 8.64. The van der Waals surface area contributed by atoms with E-state index in [1.54, 1.807) is 35.9 Å². The Labute approximate surface area is 242 Å². The summed E-state index contributed by atoms with van der Waals surface area (Å²) >= 11 is 1.28. The first-order valence-corrected chi connectivity index (χ1v) is 14.0. The molecule has 1 aromatic heterocycles. The fourth-order valence-electron chi connectivity index (χ4n) is 4.45. The Bertz CT molecular complexity index is 1540. The van der Waals surface area contributed by atoms with Gasteiger partial charge in [-0.2, -0.15) is 5.10 Å². The minimum absolute atomic E-state index is 0.119. The lowest BCUT2D eigenvalue weighted by molar-refractivity contribution is -0.130. The molecule has 41 heavy (non-hydrogen) atoms. The first kappa shape index (κ1) is 27.9. The Morgan fingerprint density at radius 2 is 1.59 bits per heavy atom. The molecule has 1 aliphatic rings. The maximum Gasteiger partial charge on any atom is 0.253 e. The van der Waals surface area contributed by atoms with Crippen molar-refractivity contribution in [1.29, 1.82) is 0 Å². The number of benzene rings is 3. The summed E-state index contributed by atoms with van der Waals surface area (Å²) in [5, 5.41) is 18.2. The van der Waals surface area contributed by atoms with Crippen molar-refractivity contribution in [3.63, 3.8) is 0 Å². The van der Waals surface area contributed by atoms with Crippen molar-refractivity contribution in [3.05, 3.63) is 101 Å². The zero-order valence-electron chi connectivity index (χ0n) is 23.0. The number of aromatic nitrogens is 3. The zero-order chi connectivity index (χ0) is 28.8. The highest BCUT2D eigenvalue weighted by molar-refractivity contribution is 7.99. The van der Waals surface area contributed by atoms with Gasteiger partial charge in [0.05, 0.1) is 38.3 Å². The lowest BCUT2D eigenvalue weighted by Crippen LogP contribution is -2.28. The summed E-state index contributed by atoms with van der Waals surface area (Å²) in [6, 6.07) is 24.1. The summed E-state index contributed by atoms with van der Waals surface area (Å²) in [7, 11) is 5.06. The molecule has 210 valence electrons. The van der Waals surface area contributed by atoms with E-state index < -0.39 is 0 Å². The van der Waals surface area contributed by atoms with Crippen LogP contribution in [0.3, 0.4) is 0 Å². The van der Waals surface area contributed by atoms with Crippen LogP contribution in [0.2, 0.25) is 0 Å². The normalized spacial score (nSPS) is 14.5. The summed E-state index contributed by atoms with van der Waals surface area (Å²) in [5.41, 5.74) is 3.29. The summed E-state index contributed by atoms with van der Waals surface area (Å²) in [4.78, 5) is 25.9. The largest absolute Gasteiger partial charge is 0.497 e. The van der Waals surface area contributed by atoms with E-state index in [2.05, 4.69) is 15.5 Å². The monoisotopic (exact) mass is 570 g/mol. The lowest BCUT2D eigenvalue weighted by atomic mass is 9.98. The molecule has 1 aliphatic heterocycles. The van der Waals surface area contributed by atoms with E-state index >= 15 is 0 Å². The van der Waals surface area contributed by atoms with Crippen LogP contribution in [0.25, 0.3) is 0 Å². The van der Waals surface area contributed by atoms with Crippen molar-refractivity contribution >= 4 is 29.3 Å². The second-order valence-electron chi connectivity index (χ2n) is 9.30. The molecular weight excluding hydrogens is 540 g/mol. The van der Waals surface area contributed by atoms with Crippen LogP contribution in [0.15, 0.2) is 89.1 Å². The molecule has 1 atom stereocenters. The number of nitrogens with zero attached hydrogens (tertiary/aromatic N) is 5. The number of hydrazone groups is 1. The van der Waals surface area contributed by atoms with Crippen molar-refractivity contribution in [1.82, 2.24) is 25.1 Å². The Hall–Kier alpha value is -4.64. The molecule has 0 aliphatic carbocycles. The molecule has 0 saturated heterocycles. The number of carbonyl (C=O) groups excluding carboxylic acids is 2. The van der Waals surface area contributed by atoms with E-state index in [9.17, 15) is 9.59 Å². The van der Waals surface area contributed by atoms with Crippen molar-refractivity contribution < 1.29 is 19.1 Å². The predicted molar refractivity (Wildman–Crippen MR) is 156 cm³/mol. The average molecular weight is 571 g/mol. The van der Waals surface area contributed by atoms with Gasteiger partial charge in [0.15, 0.2) is 11.0 Å². The van der Waals surface area contributed by atoms with Crippen LogP contribution in [0.4, 0.5) is 0 Å². The molecule has 0 unspecified atom stereocenters. The molecule has 2 heterocycles. The van der Waals surface area contributed by atoms with E-state index in [0.29, 0.717) is 23.0 Å². The van der Waals surface area contributed by atoms with E-state index in [-0.39, 0.29) is 30.2 Å². The molecule has 10 nitrogen and oxygen atoms in total. The van der Waals surface area contributed by atoms with Crippen LogP contribution in [-0.4, -0.2) is 57.3 Å². The van der Waals surface area contributed by atoms with Crippen molar-refractivity contribution in [2.75, 3.05) is 20.0 Å². The van der Waals surface area contributed by atoms with E-state index in [1.807, 2.05) is 73.8 Å². The van der Waals surface area contributed by atoms with Gasteiger partial charge in [-0.05, 0) is 59.7 Å². The highest BCUT2D eigenvalue weighted by Crippen LogP contribution is 2.34. The molecule has 0 fully saturated rings. The molecule has 11 heteroatoms. The van der Waals surface area contributed by atoms with Crippen LogP contribution in [-0.2, 0) is 18.4 Å². The number of hydrogen-bond donors (Lipinski definition) is 1. The third kappa shape index (κ3) is 6.41. The number of rotatable bonds is 10. The lowest BCUT2D eigenvalue weighted by Gasteiger charge is -2.22. The summed E-state index contributed by atoms with van der Waals surface area (Å²) in [6.07, 6.45) is 0.574. The van der Waals surface area contributed by atoms with Gasteiger partial charge in [0.2, 0.25) is 0 Å². The maximum absolute atomic E-state index is 13.5. The van der Waals surface area contributed by atoms with E-state index in [0.717, 1.165) is 28.3 Å². The molecule has 0 saturated carbocycles.